The number of amides is 1. The number of nitrogen functional groups attached to an aromatic ring is 1. The normalized spacial score (nSPS) is 23.0. The molecule has 0 radical (unpaired) electrons. The van der Waals surface area contributed by atoms with E-state index in [4.69, 9.17) is 10.5 Å². The zero-order chi connectivity index (χ0) is 18.1. The lowest BCUT2D eigenvalue weighted by Gasteiger charge is -2.25. The number of ether oxygens (including phenoxy) is 1. The summed E-state index contributed by atoms with van der Waals surface area (Å²) in [5.41, 5.74) is 6.42. The van der Waals surface area contributed by atoms with Crippen LogP contribution in [-0.4, -0.2) is 55.9 Å². The molecule has 1 fully saturated rings. The Kier molecular flexibility index (Phi) is 4.67. The summed E-state index contributed by atoms with van der Waals surface area (Å²) in [4.78, 5) is 19.7. The molecule has 0 saturated carbocycles. The topological polar surface area (TPSA) is 91.2 Å². The summed E-state index contributed by atoms with van der Waals surface area (Å²) in [5.74, 6) is 1.56. The number of nitrogens with two attached hydrogens (primary N) is 1. The zero-order valence-corrected chi connectivity index (χ0v) is 15.2. The van der Waals surface area contributed by atoms with Crippen molar-refractivity contribution in [3.05, 3.63) is 30.0 Å². The van der Waals surface area contributed by atoms with Gasteiger partial charge in [0.15, 0.2) is 0 Å². The number of imidazole rings is 1. The molecular weight excluding hydrogens is 332 g/mol. The van der Waals surface area contributed by atoms with Crippen molar-refractivity contribution in [1.29, 1.82) is 0 Å². The van der Waals surface area contributed by atoms with Crippen molar-refractivity contribution >= 4 is 11.7 Å². The second kappa shape index (κ2) is 7.11. The van der Waals surface area contributed by atoms with Crippen molar-refractivity contribution in [1.82, 2.24) is 24.2 Å². The molecule has 0 aromatic carbocycles. The molecule has 2 aliphatic heterocycles. The molecule has 2 aromatic rings. The van der Waals surface area contributed by atoms with E-state index in [0.717, 1.165) is 38.1 Å². The molecule has 26 heavy (non-hydrogen) atoms. The van der Waals surface area contributed by atoms with E-state index in [9.17, 15) is 4.79 Å². The van der Waals surface area contributed by atoms with E-state index >= 15 is 0 Å². The van der Waals surface area contributed by atoms with Gasteiger partial charge in [0.25, 0.3) is 5.91 Å². The van der Waals surface area contributed by atoms with Gasteiger partial charge in [0.1, 0.15) is 17.3 Å². The van der Waals surface area contributed by atoms with Crippen LogP contribution in [0.1, 0.15) is 42.0 Å². The van der Waals surface area contributed by atoms with E-state index in [0.29, 0.717) is 24.6 Å². The fourth-order valence-corrected chi connectivity index (χ4v) is 4.07. The van der Waals surface area contributed by atoms with Crippen molar-refractivity contribution < 1.29 is 9.53 Å². The van der Waals surface area contributed by atoms with E-state index < -0.39 is 0 Å². The minimum absolute atomic E-state index is 0.0312. The number of fused-ring (bicyclic) bond motifs is 1. The molecule has 4 rings (SSSR count). The van der Waals surface area contributed by atoms with Gasteiger partial charge < -0.3 is 19.9 Å². The smallest absolute Gasteiger partial charge is 0.272 e. The summed E-state index contributed by atoms with van der Waals surface area (Å²) in [5, 5.41) is 4.26. The highest BCUT2D eigenvalue weighted by Gasteiger charge is 2.37. The van der Waals surface area contributed by atoms with Crippen LogP contribution in [0.25, 0.3) is 0 Å². The first-order chi connectivity index (χ1) is 12.7. The maximum atomic E-state index is 13.3. The number of carbonyl (C=O) groups excluding carboxylic acids is 1. The molecule has 2 aromatic heterocycles. The first-order valence-corrected chi connectivity index (χ1v) is 9.33. The van der Waals surface area contributed by atoms with E-state index in [1.54, 1.807) is 24.1 Å². The number of aryl methyl sites for hydroxylation is 1. The van der Waals surface area contributed by atoms with Crippen LogP contribution in [0, 0.1) is 0 Å². The summed E-state index contributed by atoms with van der Waals surface area (Å²) in [6.45, 7) is 2.08. The summed E-state index contributed by atoms with van der Waals surface area (Å²) in [7, 11) is 1.70. The number of rotatable bonds is 4. The van der Waals surface area contributed by atoms with Crippen LogP contribution in [0.2, 0.25) is 0 Å². The fourth-order valence-electron chi connectivity index (χ4n) is 4.07. The molecule has 2 N–H and O–H groups in total. The standard InChI is InChI=1S/C18H26N6O2/c1-26-14-9-13(11-22-8-6-16(19)21-22)24(12-14)18(25)15-10-20-17-5-3-2-4-7-23(15)17/h6,8,10,13-14H,2-5,7,9,11-12H2,1H3,(H2,19,21)/t13-,14-/m0/s1. The molecule has 1 saturated heterocycles. The second-order valence-corrected chi connectivity index (χ2v) is 7.19. The van der Waals surface area contributed by atoms with Crippen LogP contribution in [0.5, 0.6) is 0 Å². The quantitative estimate of drug-likeness (QED) is 0.890. The van der Waals surface area contributed by atoms with Gasteiger partial charge in [-0.05, 0) is 25.3 Å². The van der Waals surface area contributed by atoms with E-state index in [1.807, 2.05) is 11.1 Å². The van der Waals surface area contributed by atoms with E-state index in [-0.39, 0.29) is 18.1 Å². The van der Waals surface area contributed by atoms with Crippen LogP contribution in [0.4, 0.5) is 5.82 Å². The number of methoxy groups -OCH3 is 1. The predicted molar refractivity (Wildman–Crippen MR) is 96.7 cm³/mol. The van der Waals surface area contributed by atoms with Gasteiger partial charge in [0.2, 0.25) is 0 Å². The lowest BCUT2D eigenvalue weighted by Crippen LogP contribution is -2.39. The third-order valence-electron chi connectivity index (χ3n) is 5.47. The first-order valence-electron chi connectivity index (χ1n) is 9.33. The molecule has 2 atom stereocenters. The molecule has 0 spiro atoms. The van der Waals surface area contributed by atoms with Gasteiger partial charge in [0.05, 0.1) is 24.9 Å². The third-order valence-corrected chi connectivity index (χ3v) is 5.47. The second-order valence-electron chi connectivity index (χ2n) is 7.19. The minimum Gasteiger partial charge on any atom is -0.382 e. The van der Waals surface area contributed by atoms with Gasteiger partial charge in [-0.15, -0.1) is 0 Å². The maximum Gasteiger partial charge on any atom is 0.272 e. The Morgan fingerprint density at radius 2 is 2.27 bits per heavy atom. The van der Waals surface area contributed by atoms with Gasteiger partial charge in [-0.25, -0.2) is 4.98 Å². The summed E-state index contributed by atoms with van der Waals surface area (Å²) in [6, 6.07) is 1.80. The molecule has 4 heterocycles. The monoisotopic (exact) mass is 358 g/mol. The Balaban J connectivity index is 1.57. The van der Waals surface area contributed by atoms with Gasteiger partial charge >= 0.3 is 0 Å². The molecule has 8 nitrogen and oxygen atoms in total. The Bertz CT molecular complexity index is 782. The predicted octanol–water partition coefficient (Wildman–Crippen LogP) is 1.32. The average molecular weight is 358 g/mol. The minimum atomic E-state index is 0.0312. The SMILES string of the molecule is CO[C@H]1C[C@@H](Cn2ccc(N)n2)N(C(=O)c2cnc3n2CCCCC3)C1. The largest absolute Gasteiger partial charge is 0.382 e. The van der Waals surface area contributed by atoms with Crippen molar-refractivity contribution in [2.24, 2.45) is 0 Å². The highest BCUT2D eigenvalue weighted by Crippen LogP contribution is 2.25. The molecule has 8 heteroatoms. The number of hydrogen-bond donors (Lipinski definition) is 1. The van der Waals surface area contributed by atoms with Crippen molar-refractivity contribution in [3.8, 4) is 0 Å². The van der Waals surface area contributed by atoms with E-state index in [2.05, 4.69) is 14.6 Å². The highest BCUT2D eigenvalue weighted by atomic mass is 16.5. The van der Waals surface area contributed by atoms with Crippen LogP contribution in [0.3, 0.4) is 0 Å². The highest BCUT2D eigenvalue weighted by molar-refractivity contribution is 5.93. The number of likely N-dealkylation sites (tertiary alicyclic amines) is 1. The van der Waals surface area contributed by atoms with Crippen molar-refractivity contribution in [2.75, 3.05) is 19.4 Å². The van der Waals surface area contributed by atoms with Gasteiger partial charge in [0, 0.05) is 32.8 Å². The lowest BCUT2D eigenvalue weighted by atomic mass is 10.2. The summed E-state index contributed by atoms with van der Waals surface area (Å²) < 4.78 is 9.45. The summed E-state index contributed by atoms with van der Waals surface area (Å²) >= 11 is 0. The summed E-state index contributed by atoms with van der Waals surface area (Å²) in [6.07, 6.45) is 8.81. The molecule has 0 aliphatic carbocycles. The van der Waals surface area contributed by atoms with Crippen LogP contribution in [0.15, 0.2) is 18.5 Å². The molecular formula is C18H26N6O2. The van der Waals surface area contributed by atoms with Gasteiger partial charge in [-0.1, -0.05) is 6.42 Å². The Labute approximate surface area is 152 Å². The molecule has 1 amide bonds. The van der Waals surface area contributed by atoms with Crippen LogP contribution >= 0.6 is 0 Å². The van der Waals surface area contributed by atoms with Crippen LogP contribution in [-0.2, 0) is 24.2 Å². The maximum absolute atomic E-state index is 13.3. The number of anilines is 1. The number of nitrogens with zero attached hydrogens (tertiary/aromatic N) is 5. The Morgan fingerprint density at radius 1 is 1.38 bits per heavy atom. The van der Waals surface area contributed by atoms with Gasteiger partial charge in [-0.3, -0.25) is 9.48 Å². The number of carbonyl (C=O) groups is 1. The van der Waals surface area contributed by atoms with Gasteiger partial charge in [-0.2, -0.15) is 5.10 Å². The Hall–Kier alpha value is -2.35. The molecule has 0 bridgehead atoms. The number of hydrogen-bond acceptors (Lipinski definition) is 5. The Morgan fingerprint density at radius 3 is 3.04 bits per heavy atom. The fraction of sp³-hybridized carbons (Fsp3) is 0.611. The first kappa shape index (κ1) is 17.1. The lowest BCUT2D eigenvalue weighted by molar-refractivity contribution is 0.0668. The third kappa shape index (κ3) is 3.21. The average Bonchev–Trinajstić information content (AvgIpc) is 3.30. The molecule has 140 valence electrons. The van der Waals surface area contributed by atoms with Crippen molar-refractivity contribution in [3.63, 3.8) is 0 Å². The van der Waals surface area contributed by atoms with Crippen molar-refractivity contribution in [2.45, 2.75) is 57.3 Å². The van der Waals surface area contributed by atoms with Crippen LogP contribution < -0.4 is 5.73 Å². The number of aromatic nitrogens is 4. The molecule has 2 aliphatic rings. The zero-order valence-electron chi connectivity index (χ0n) is 15.2. The molecule has 0 unspecified atom stereocenters. The van der Waals surface area contributed by atoms with E-state index in [1.165, 1.54) is 6.42 Å².